The number of pyridine rings is 1. The molecule has 0 atom stereocenters. The molecule has 0 radical (unpaired) electrons. The number of nitrogens with one attached hydrogen (secondary N) is 2. The first-order chi connectivity index (χ1) is 13.3. The number of halogens is 4. The second-order valence-corrected chi connectivity index (χ2v) is 6.18. The Kier molecular flexibility index (Phi) is 14.8. The third-order valence-electron chi connectivity index (χ3n) is 3.62. The van der Waals surface area contributed by atoms with E-state index in [0.717, 1.165) is 26.1 Å². The number of methoxy groups -OCH3 is 1. The fourth-order valence-corrected chi connectivity index (χ4v) is 2.25. The van der Waals surface area contributed by atoms with Crippen molar-refractivity contribution in [3.8, 4) is 5.88 Å². The lowest BCUT2D eigenvalue weighted by atomic mass is 10.3. The fraction of sp³-hybridized carbons (Fsp3) is 0.667. The molecule has 0 unspecified atom stereocenters. The zero-order chi connectivity index (χ0) is 20.8. The normalized spacial score (nSPS) is 11.9. The molecule has 1 aromatic rings. The summed E-state index contributed by atoms with van der Waals surface area (Å²) < 4.78 is 46.4. The largest absolute Gasteiger partial charge is 0.468 e. The standard InChI is InChI=1S/C18H30F3N5O2.HI/c1-4-22-17(24-8-10-26(2)9-5-11-27-3)25-13-15-6-7-23-16(12-15)28-14-18(19,20)21;/h6-7,12H,4-5,8-11,13-14H2,1-3H3,(H2,22,24,25);1H. The smallest absolute Gasteiger partial charge is 0.422 e. The van der Waals surface area contributed by atoms with Crippen LogP contribution in [0.2, 0.25) is 0 Å². The second kappa shape index (κ2) is 15.5. The van der Waals surface area contributed by atoms with Crippen LogP contribution in [0, 0.1) is 0 Å². The number of ether oxygens (including phenoxy) is 2. The number of rotatable bonds is 12. The van der Waals surface area contributed by atoms with Crippen molar-refractivity contribution in [2.75, 3.05) is 53.6 Å². The highest BCUT2D eigenvalue weighted by molar-refractivity contribution is 14.0. The zero-order valence-corrected chi connectivity index (χ0v) is 19.4. The van der Waals surface area contributed by atoms with Crippen LogP contribution in [0.5, 0.6) is 5.88 Å². The van der Waals surface area contributed by atoms with Crippen molar-refractivity contribution in [1.82, 2.24) is 20.5 Å². The number of aromatic nitrogens is 1. The summed E-state index contributed by atoms with van der Waals surface area (Å²) in [6, 6.07) is 3.15. The quantitative estimate of drug-likeness (QED) is 0.187. The maximum absolute atomic E-state index is 12.2. The van der Waals surface area contributed by atoms with Crippen LogP contribution < -0.4 is 15.4 Å². The van der Waals surface area contributed by atoms with Crippen molar-refractivity contribution in [2.24, 2.45) is 4.99 Å². The maximum atomic E-state index is 12.2. The van der Waals surface area contributed by atoms with E-state index in [1.807, 2.05) is 14.0 Å². The van der Waals surface area contributed by atoms with Crippen LogP contribution in [0.25, 0.3) is 0 Å². The minimum Gasteiger partial charge on any atom is -0.468 e. The van der Waals surface area contributed by atoms with Crippen molar-refractivity contribution >= 4 is 29.9 Å². The highest BCUT2D eigenvalue weighted by atomic mass is 127. The molecule has 11 heteroatoms. The molecule has 7 nitrogen and oxygen atoms in total. The summed E-state index contributed by atoms with van der Waals surface area (Å²) in [5.41, 5.74) is 0.709. The second-order valence-electron chi connectivity index (χ2n) is 6.18. The molecule has 0 saturated heterocycles. The van der Waals surface area contributed by atoms with Gasteiger partial charge in [-0.25, -0.2) is 9.98 Å². The van der Waals surface area contributed by atoms with Gasteiger partial charge in [0.15, 0.2) is 12.6 Å². The van der Waals surface area contributed by atoms with E-state index in [4.69, 9.17) is 4.74 Å². The van der Waals surface area contributed by atoms with Crippen LogP contribution in [0.3, 0.4) is 0 Å². The molecule has 0 aliphatic heterocycles. The summed E-state index contributed by atoms with van der Waals surface area (Å²) in [6.07, 6.45) is -2.01. The average Bonchev–Trinajstić information content (AvgIpc) is 2.64. The molecule has 0 aliphatic rings. The highest BCUT2D eigenvalue weighted by Crippen LogP contribution is 2.17. The lowest BCUT2D eigenvalue weighted by Crippen LogP contribution is -2.41. The number of alkyl halides is 3. The van der Waals surface area contributed by atoms with Gasteiger partial charge in [0.05, 0.1) is 6.54 Å². The fourth-order valence-electron chi connectivity index (χ4n) is 2.25. The maximum Gasteiger partial charge on any atom is 0.422 e. The molecule has 168 valence electrons. The number of hydrogen-bond donors (Lipinski definition) is 2. The van der Waals surface area contributed by atoms with E-state index >= 15 is 0 Å². The zero-order valence-electron chi connectivity index (χ0n) is 17.1. The van der Waals surface area contributed by atoms with Crippen molar-refractivity contribution in [1.29, 1.82) is 0 Å². The Balaban J connectivity index is 0.00000784. The lowest BCUT2D eigenvalue weighted by molar-refractivity contribution is -0.154. The van der Waals surface area contributed by atoms with Gasteiger partial charge in [0.1, 0.15) is 0 Å². The molecular weight excluding hydrogens is 502 g/mol. The molecular formula is C18H31F3IN5O2. The SMILES string of the molecule is CCNC(=NCc1ccnc(OCC(F)(F)F)c1)NCCN(C)CCCOC.I. The van der Waals surface area contributed by atoms with Crippen LogP contribution in [-0.4, -0.2) is 75.6 Å². The first kappa shape index (κ1) is 27.7. The minimum absolute atomic E-state index is 0. The van der Waals surface area contributed by atoms with Gasteiger partial charge in [0.2, 0.25) is 5.88 Å². The van der Waals surface area contributed by atoms with E-state index in [2.05, 4.69) is 30.2 Å². The van der Waals surface area contributed by atoms with E-state index in [1.165, 1.54) is 12.3 Å². The molecule has 0 aromatic carbocycles. The van der Waals surface area contributed by atoms with Crippen molar-refractivity contribution in [3.05, 3.63) is 23.9 Å². The third-order valence-corrected chi connectivity index (χ3v) is 3.62. The number of aliphatic imine (C=N–C) groups is 1. The monoisotopic (exact) mass is 533 g/mol. The molecule has 0 amide bonds. The van der Waals surface area contributed by atoms with Crippen molar-refractivity contribution < 1.29 is 22.6 Å². The van der Waals surface area contributed by atoms with Gasteiger partial charge in [0.25, 0.3) is 0 Å². The number of hydrogen-bond acceptors (Lipinski definition) is 5. The first-order valence-corrected chi connectivity index (χ1v) is 9.18. The van der Waals surface area contributed by atoms with Gasteiger partial charge in [-0.1, -0.05) is 0 Å². The molecule has 1 aromatic heterocycles. The van der Waals surface area contributed by atoms with Gasteiger partial charge in [-0.2, -0.15) is 13.2 Å². The number of likely N-dealkylation sites (N-methyl/N-ethyl adjacent to an activating group) is 1. The highest BCUT2D eigenvalue weighted by Gasteiger charge is 2.28. The topological polar surface area (TPSA) is 71.0 Å². The van der Waals surface area contributed by atoms with Crippen LogP contribution in [0.1, 0.15) is 18.9 Å². The molecule has 0 spiro atoms. The Hall–Kier alpha value is -1.34. The van der Waals surface area contributed by atoms with Crippen LogP contribution in [0.4, 0.5) is 13.2 Å². The summed E-state index contributed by atoms with van der Waals surface area (Å²) in [5.74, 6) is 0.572. The van der Waals surface area contributed by atoms with Gasteiger partial charge in [-0.15, -0.1) is 24.0 Å². The molecule has 0 bridgehead atoms. The lowest BCUT2D eigenvalue weighted by Gasteiger charge is -2.18. The van der Waals surface area contributed by atoms with Gasteiger partial charge >= 0.3 is 6.18 Å². The van der Waals surface area contributed by atoms with E-state index in [0.29, 0.717) is 31.2 Å². The third kappa shape index (κ3) is 14.3. The van der Waals surface area contributed by atoms with Gasteiger partial charge in [0, 0.05) is 52.2 Å². The summed E-state index contributed by atoms with van der Waals surface area (Å²) in [5, 5.41) is 6.39. The van der Waals surface area contributed by atoms with Crippen molar-refractivity contribution in [3.63, 3.8) is 0 Å². The Bertz CT molecular complexity index is 591. The van der Waals surface area contributed by atoms with E-state index in [-0.39, 0.29) is 29.9 Å². The Morgan fingerprint density at radius 1 is 1.28 bits per heavy atom. The Morgan fingerprint density at radius 2 is 2.03 bits per heavy atom. The number of guanidine groups is 1. The van der Waals surface area contributed by atoms with Crippen LogP contribution >= 0.6 is 24.0 Å². The summed E-state index contributed by atoms with van der Waals surface area (Å²) in [6.45, 7) is 4.84. The average molecular weight is 533 g/mol. The number of nitrogens with zero attached hydrogens (tertiary/aromatic N) is 3. The Labute approximate surface area is 187 Å². The van der Waals surface area contributed by atoms with Gasteiger partial charge in [-0.3, -0.25) is 0 Å². The first-order valence-electron chi connectivity index (χ1n) is 9.18. The van der Waals surface area contributed by atoms with E-state index < -0.39 is 12.8 Å². The molecule has 1 rings (SSSR count). The molecule has 0 saturated carbocycles. The van der Waals surface area contributed by atoms with Crippen LogP contribution in [0.15, 0.2) is 23.3 Å². The predicted octanol–water partition coefficient (Wildman–Crippen LogP) is 2.66. The molecule has 1 heterocycles. The van der Waals surface area contributed by atoms with Crippen LogP contribution in [-0.2, 0) is 11.3 Å². The molecule has 0 aliphatic carbocycles. The molecule has 29 heavy (non-hydrogen) atoms. The summed E-state index contributed by atoms with van der Waals surface area (Å²) >= 11 is 0. The van der Waals surface area contributed by atoms with Gasteiger partial charge in [-0.05, 0) is 32.0 Å². The summed E-state index contributed by atoms with van der Waals surface area (Å²) in [4.78, 5) is 10.4. The minimum atomic E-state index is -4.39. The summed E-state index contributed by atoms with van der Waals surface area (Å²) in [7, 11) is 3.73. The van der Waals surface area contributed by atoms with E-state index in [1.54, 1.807) is 13.2 Å². The van der Waals surface area contributed by atoms with Crippen molar-refractivity contribution in [2.45, 2.75) is 26.1 Å². The molecule has 2 N–H and O–H groups in total. The molecule has 0 fully saturated rings. The Morgan fingerprint density at radius 3 is 2.69 bits per heavy atom. The van der Waals surface area contributed by atoms with Gasteiger partial charge < -0.3 is 25.0 Å². The van der Waals surface area contributed by atoms with E-state index in [9.17, 15) is 13.2 Å². The predicted molar refractivity (Wildman–Crippen MR) is 118 cm³/mol.